The number of rotatable bonds is 9. The third-order valence-corrected chi connectivity index (χ3v) is 6.14. The van der Waals surface area contributed by atoms with Gasteiger partial charge in [0.1, 0.15) is 5.57 Å². The first kappa shape index (κ1) is 25.8. The van der Waals surface area contributed by atoms with E-state index in [2.05, 4.69) is 28.2 Å². The van der Waals surface area contributed by atoms with Crippen LogP contribution in [0.1, 0.15) is 43.7 Å². The fourth-order valence-corrected chi connectivity index (χ4v) is 4.27. The van der Waals surface area contributed by atoms with Gasteiger partial charge in [-0.15, -0.1) is 0 Å². The number of nitrogens with one attached hydrogen (secondary N) is 1. The number of amides is 4. The highest BCUT2D eigenvalue weighted by atomic mass is 79.9. The molecule has 2 aromatic rings. The number of hydrogen-bond donors (Lipinski definition) is 1. The highest BCUT2D eigenvalue weighted by molar-refractivity contribution is 9.10. The van der Waals surface area contributed by atoms with E-state index in [0.717, 1.165) is 30.6 Å². The minimum absolute atomic E-state index is 0.193. The lowest BCUT2D eigenvalue weighted by Gasteiger charge is -2.27. The van der Waals surface area contributed by atoms with E-state index in [9.17, 15) is 14.4 Å². The number of hydrogen-bond acceptors (Lipinski definition) is 5. The topological polar surface area (TPSA) is 84.9 Å². The third-order valence-electron chi connectivity index (χ3n) is 5.32. The van der Waals surface area contributed by atoms with E-state index >= 15 is 0 Å². The second kappa shape index (κ2) is 11.5. The van der Waals surface area contributed by atoms with Crippen molar-refractivity contribution in [2.24, 2.45) is 0 Å². The minimum atomic E-state index is -0.830. The first-order valence-corrected chi connectivity index (χ1v) is 12.1. The number of carbonyl (C=O) groups excluding carboxylic acids is 3. The number of methoxy groups -OCH3 is 1. The summed E-state index contributed by atoms with van der Waals surface area (Å²) in [7, 11) is 1.52. The van der Waals surface area contributed by atoms with Crippen LogP contribution in [0.2, 0.25) is 5.02 Å². The molecule has 1 heterocycles. The Hall–Kier alpha value is -2.84. The van der Waals surface area contributed by atoms with E-state index in [-0.39, 0.29) is 5.57 Å². The van der Waals surface area contributed by atoms with Crippen LogP contribution in [0, 0.1) is 6.92 Å². The zero-order valence-corrected chi connectivity index (χ0v) is 21.6. The molecule has 1 fully saturated rings. The van der Waals surface area contributed by atoms with Gasteiger partial charge in [-0.1, -0.05) is 43.9 Å². The molecule has 34 heavy (non-hydrogen) atoms. The summed E-state index contributed by atoms with van der Waals surface area (Å²) in [5.74, 6) is -0.520. The molecule has 7 nitrogen and oxygen atoms in total. The van der Waals surface area contributed by atoms with Gasteiger partial charge in [0, 0.05) is 5.02 Å². The van der Waals surface area contributed by atoms with Crippen molar-refractivity contribution < 1.29 is 23.9 Å². The van der Waals surface area contributed by atoms with E-state index < -0.39 is 17.8 Å². The SMILES string of the molecule is CCCCCCOc1c(Br)cc(/C=C2\C(=O)NC(=O)N(c3cc(Cl)ccc3C)C2=O)cc1OC. The monoisotopic (exact) mass is 548 g/mol. The number of nitrogens with zero attached hydrogens (tertiary/aromatic N) is 1. The molecule has 0 aliphatic carbocycles. The summed E-state index contributed by atoms with van der Waals surface area (Å²) in [5.41, 5.74) is 1.30. The van der Waals surface area contributed by atoms with Crippen molar-refractivity contribution in [1.82, 2.24) is 5.32 Å². The normalized spacial score (nSPS) is 15.0. The van der Waals surface area contributed by atoms with Gasteiger partial charge in [-0.05, 0) is 70.7 Å². The fraction of sp³-hybridized carbons (Fsp3) is 0.320. The van der Waals surface area contributed by atoms with Crippen LogP contribution in [0.5, 0.6) is 11.5 Å². The molecule has 9 heteroatoms. The molecule has 4 amide bonds. The third kappa shape index (κ3) is 5.80. The molecule has 0 aromatic heterocycles. The Morgan fingerprint density at radius 3 is 2.59 bits per heavy atom. The number of urea groups is 1. The van der Waals surface area contributed by atoms with Crippen molar-refractivity contribution >= 4 is 57.1 Å². The van der Waals surface area contributed by atoms with E-state index in [0.29, 0.717) is 44.4 Å². The second-order valence-corrected chi connectivity index (χ2v) is 9.12. The minimum Gasteiger partial charge on any atom is -0.493 e. The summed E-state index contributed by atoms with van der Waals surface area (Å²) < 4.78 is 12.0. The highest BCUT2D eigenvalue weighted by Gasteiger charge is 2.37. The maximum absolute atomic E-state index is 13.2. The Bertz CT molecular complexity index is 1150. The fourth-order valence-electron chi connectivity index (χ4n) is 3.53. The Morgan fingerprint density at radius 2 is 1.88 bits per heavy atom. The predicted molar refractivity (Wildman–Crippen MR) is 136 cm³/mol. The quantitative estimate of drug-likeness (QED) is 0.234. The molecule has 0 spiro atoms. The zero-order valence-electron chi connectivity index (χ0n) is 19.2. The summed E-state index contributed by atoms with van der Waals surface area (Å²) in [6.07, 6.45) is 5.71. The van der Waals surface area contributed by atoms with E-state index in [1.54, 1.807) is 31.2 Å². The van der Waals surface area contributed by atoms with Crippen LogP contribution in [-0.2, 0) is 9.59 Å². The van der Waals surface area contributed by atoms with Gasteiger partial charge in [-0.3, -0.25) is 14.9 Å². The molecule has 0 unspecified atom stereocenters. The number of unbranched alkanes of at least 4 members (excludes halogenated alkanes) is 3. The molecule has 180 valence electrons. The first-order valence-electron chi connectivity index (χ1n) is 10.9. The smallest absolute Gasteiger partial charge is 0.335 e. The van der Waals surface area contributed by atoms with E-state index in [1.807, 2.05) is 0 Å². The molecule has 0 atom stereocenters. The predicted octanol–water partition coefficient (Wildman–Crippen LogP) is 6.05. The van der Waals surface area contributed by atoms with Crippen molar-refractivity contribution in [3.8, 4) is 11.5 Å². The molecule has 1 aliphatic rings. The molecule has 3 rings (SSSR count). The Balaban J connectivity index is 1.92. The van der Waals surface area contributed by atoms with Gasteiger partial charge < -0.3 is 9.47 Å². The van der Waals surface area contributed by atoms with Gasteiger partial charge in [0.15, 0.2) is 11.5 Å². The van der Waals surface area contributed by atoms with Crippen LogP contribution >= 0.6 is 27.5 Å². The number of barbiturate groups is 1. The van der Waals surface area contributed by atoms with Crippen LogP contribution in [0.3, 0.4) is 0 Å². The summed E-state index contributed by atoms with van der Waals surface area (Å²) in [6, 6.07) is 7.43. The van der Waals surface area contributed by atoms with Gasteiger partial charge >= 0.3 is 6.03 Å². The number of benzene rings is 2. The van der Waals surface area contributed by atoms with Gasteiger partial charge in [0.05, 0.1) is 23.9 Å². The molecular weight excluding hydrogens is 524 g/mol. The number of aryl methyl sites for hydroxylation is 1. The van der Waals surface area contributed by atoms with Gasteiger partial charge in [-0.25, -0.2) is 9.69 Å². The largest absolute Gasteiger partial charge is 0.493 e. The standard InChI is InChI=1S/C25H26BrClN2O5/c1-4-5-6-7-10-34-22-19(26)12-16(13-21(22)33-3)11-18-23(30)28-25(32)29(24(18)31)20-14-17(27)9-8-15(20)2/h8-9,11-14H,4-7,10H2,1-3H3,(H,28,30,32)/b18-11+. The van der Waals surface area contributed by atoms with E-state index in [1.165, 1.54) is 19.3 Å². The zero-order chi connectivity index (χ0) is 24.8. The maximum atomic E-state index is 13.2. The molecule has 1 N–H and O–H groups in total. The molecule has 1 saturated heterocycles. The molecule has 0 radical (unpaired) electrons. The van der Waals surface area contributed by atoms with Gasteiger partial charge in [0.2, 0.25) is 0 Å². The number of imide groups is 2. The van der Waals surface area contributed by atoms with Crippen LogP contribution in [0.25, 0.3) is 6.08 Å². The lowest BCUT2D eigenvalue weighted by molar-refractivity contribution is -0.122. The average Bonchev–Trinajstić information content (AvgIpc) is 2.79. The summed E-state index contributed by atoms with van der Waals surface area (Å²) in [4.78, 5) is 39.2. The average molecular weight is 550 g/mol. The molecule has 0 saturated carbocycles. The number of carbonyl (C=O) groups is 3. The van der Waals surface area contributed by atoms with Crippen molar-refractivity contribution in [1.29, 1.82) is 0 Å². The lowest BCUT2D eigenvalue weighted by Crippen LogP contribution is -2.54. The van der Waals surface area contributed by atoms with Crippen LogP contribution in [0.4, 0.5) is 10.5 Å². The summed E-state index contributed by atoms with van der Waals surface area (Å²) in [5, 5.41) is 2.59. The summed E-state index contributed by atoms with van der Waals surface area (Å²) >= 11 is 9.56. The number of halogens is 2. The molecule has 0 bridgehead atoms. The van der Waals surface area contributed by atoms with E-state index in [4.69, 9.17) is 21.1 Å². The van der Waals surface area contributed by atoms with Crippen molar-refractivity contribution in [3.05, 3.63) is 56.5 Å². The maximum Gasteiger partial charge on any atom is 0.335 e. The Kier molecular flexibility index (Phi) is 8.74. The number of anilines is 1. The molecule has 1 aliphatic heterocycles. The van der Waals surface area contributed by atoms with Crippen LogP contribution < -0.4 is 19.7 Å². The van der Waals surface area contributed by atoms with Crippen molar-refractivity contribution in [2.75, 3.05) is 18.6 Å². The lowest BCUT2D eigenvalue weighted by atomic mass is 10.1. The number of ether oxygens (including phenoxy) is 2. The van der Waals surface area contributed by atoms with Crippen molar-refractivity contribution in [3.63, 3.8) is 0 Å². The molecular formula is C25H26BrClN2O5. The Labute approximate surface area is 212 Å². The second-order valence-electron chi connectivity index (χ2n) is 7.83. The summed E-state index contributed by atoms with van der Waals surface area (Å²) in [6.45, 7) is 4.44. The van der Waals surface area contributed by atoms with Gasteiger partial charge in [-0.2, -0.15) is 0 Å². The Morgan fingerprint density at radius 1 is 1.12 bits per heavy atom. The van der Waals surface area contributed by atoms with Gasteiger partial charge in [0.25, 0.3) is 11.8 Å². The van der Waals surface area contributed by atoms with Crippen molar-refractivity contribution in [2.45, 2.75) is 39.5 Å². The highest BCUT2D eigenvalue weighted by Crippen LogP contribution is 2.38. The van der Waals surface area contributed by atoms with Crippen LogP contribution in [-0.4, -0.2) is 31.6 Å². The first-order chi connectivity index (χ1) is 16.3. The van der Waals surface area contributed by atoms with Crippen LogP contribution in [0.15, 0.2) is 40.4 Å². The molecule has 2 aromatic carbocycles.